The van der Waals surface area contributed by atoms with Crippen LogP contribution in [-0.2, 0) is 11.3 Å². The van der Waals surface area contributed by atoms with Gasteiger partial charge in [0, 0.05) is 49.9 Å². The van der Waals surface area contributed by atoms with Crippen molar-refractivity contribution in [2.24, 2.45) is 5.92 Å². The summed E-state index contributed by atoms with van der Waals surface area (Å²) < 4.78 is 5.42. The molecule has 0 bridgehead atoms. The van der Waals surface area contributed by atoms with Crippen molar-refractivity contribution in [1.29, 1.82) is 0 Å². The van der Waals surface area contributed by atoms with Gasteiger partial charge in [-0.1, -0.05) is 11.6 Å². The van der Waals surface area contributed by atoms with Crippen LogP contribution in [0.2, 0.25) is 5.02 Å². The molecule has 6 heteroatoms. The second-order valence-corrected chi connectivity index (χ2v) is 7.04. The van der Waals surface area contributed by atoms with E-state index in [4.69, 9.17) is 16.3 Å². The van der Waals surface area contributed by atoms with Crippen molar-refractivity contribution in [2.75, 3.05) is 46.4 Å². The highest BCUT2D eigenvalue weighted by Crippen LogP contribution is 2.24. The molecule has 2 saturated heterocycles. The Bertz CT molecular complexity index is 567. The Labute approximate surface area is 148 Å². The maximum absolute atomic E-state index is 12.6. The first kappa shape index (κ1) is 17.5. The summed E-state index contributed by atoms with van der Waals surface area (Å²) in [6.45, 7) is 6.06. The minimum atomic E-state index is 0.165. The number of nitrogens with zero attached hydrogens (tertiary/aromatic N) is 2. The standard InChI is InChI=1S/C18H26ClN3O2/c1-24-17-5-4-16(19)11-15(17)13-21-7-9-22(10-8-21)18(23)14-3-2-6-20-12-14/h4-5,11,14,20H,2-3,6-10,12-13H2,1H3. The summed E-state index contributed by atoms with van der Waals surface area (Å²) in [6, 6.07) is 5.72. The zero-order chi connectivity index (χ0) is 16.9. The molecule has 0 spiro atoms. The zero-order valence-corrected chi connectivity index (χ0v) is 15.0. The van der Waals surface area contributed by atoms with Crippen LogP contribution in [0.1, 0.15) is 18.4 Å². The van der Waals surface area contributed by atoms with Gasteiger partial charge < -0.3 is 15.0 Å². The molecule has 2 aliphatic heterocycles. The van der Waals surface area contributed by atoms with E-state index >= 15 is 0 Å². The Kier molecular flexibility index (Phi) is 5.98. The van der Waals surface area contributed by atoms with Gasteiger partial charge in [-0.3, -0.25) is 9.69 Å². The van der Waals surface area contributed by atoms with Gasteiger partial charge >= 0.3 is 0 Å². The summed E-state index contributed by atoms with van der Waals surface area (Å²) in [4.78, 5) is 17.0. The van der Waals surface area contributed by atoms with Gasteiger partial charge in [-0.2, -0.15) is 0 Å². The number of piperidine rings is 1. The van der Waals surface area contributed by atoms with E-state index in [2.05, 4.69) is 10.2 Å². The Hall–Kier alpha value is -1.30. The van der Waals surface area contributed by atoms with E-state index < -0.39 is 0 Å². The highest BCUT2D eigenvalue weighted by molar-refractivity contribution is 6.30. The maximum atomic E-state index is 12.6. The number of halogens is 1. The van der Waals surface area contributed by atoms with E-state index in [-0.39, 0.29) is 5.92 Å². The molecule has 1 unspecified atom stereocenters. The fourth-order valence-electron chi connectivity index (χ4n) is 3.56. The minimum absolute atomic E-state index is 0.165. The summed E-state index contributed by atoms with van der Waals surface area (Å²) in [7, 11) is 1.68. The molecule has 0 aliphatic carbocycles. The van der Waals surface area contributed by atoms with Gasteiger partial charge in [-0.25, -0.2) is 0 Å². The number of benzene rings is 1. The van der Waals surface area contributed by atoms with E-state index in [0.717, 1.165) is 75.0 Å². The van der Waals surface area contributed by atoms with Crippen LogP contribution in [0, 0.1) is 5.92 Å². The predicted molar refractivity (Wildman–Crippen MR) is 95.5 cm³/mol. The number of hydrogen-bond donors (Lipinski definition) is 1. The first-order valence-electron chi connectivity index (χ1n) is 8.71. The monoisotopic (exact) mass is 351 g/mol. The SMILES string of the molecule is COc1ccc(Cl)cc1CN1CCN(C(=O)C2CCCNC2)CC1. The third kappa shape index (κ3) is 4.21. The molecular weight excluding hydrogens is 326 g/mol. The lowest BCUT2D eigenvalue weighted by Crippen LogP contribution is -2.51. The fraction of sp³-hybridized carbons (Fsp3) is 0.611. The predicted octanol–water partition coefficient (Wildman–Crippen LogP) is 1.99. The van der Waals surface area contributed by atoms with Gasteiger partial charge in [0.05, 0.1) is 13.0 Å². The van der Waals surface area contributed by atoms with Crippen LogP contribution in [0.4, 0.5) is 0 Å². The number of methoxy groups -OCH3 is 1. The van der Waals surface area contributed by atoms with Crippen molar-refractivity contribution in [2.45, 2.75) is 19.4 Å². The van der Waals surface area contributed by atoms with Gasteiger partial charge in [0.1, 0.15) is 5.75 Å². The van der Waals surface area contributed by atoms with Crippen LogP contribution in [-0.4, -0.2) is 62.1 Å². The second kappa shape index (κ2) is 8.19. The number of carbonyl (C=O) groups excluding carboxylic acids is 1. The molecule has 2 fully saturated rings. The van der Waals surface area contributed by atoms with E-state index in [0.29, 0.717) is 5.91 Å². The Morgan fingerprint density at radius 2 is 2.12 bits per heavy atom. The van der Waals surface area contributed by atoms with Crippen LogP contribution in [0.25, 0.3) is 0 Å². The number of piperazine rings is 1. The molecule has 24 heavy (non-hydrogen) atoms. The fourth-order valence-corrected chi connectivity index (χ4v) is 3.75. The number of ether oxygens (including phenoxy) is 1. The number of rotatable bonds is 4. The number of carbonyl (C=O) groups is 1. The molecule has 2 aliphatic rings. The number of amides is 1. The summed E-state index contributed by atoms with van der Waals surface area (Å²) in [5.41, 5.74) is 1.10. The smallest absolute Gasteiger partial charge is 0.227 e. The molecule has 0 radical (unpaired) electrons. The van der Waals surface area contributed by atoms with E-state index in [1.807, 2.05) is 23.1 Å². The Morgan fingerprint density at radius 1 is 1.33 bits per heavy atom. The highest BCUT2D eigenvalue weighted by Gasteiger charge is 2.28. The van der Waals surface area contributed by atoms with E-state index in [9.17, 15) is 4.79 Å². The van der Waals surface area contributed by atoms with Gasteiger partial charge in [-0.15, -0.1) is 0 Å². The van der Waals surface area contributed by atoms with Crippen LogP contribution in [0.3, 0.4) is 0 Å². The van der Waals surface area contributed by atoms with Crippen LogP contribution in [0.5, 0.6) is 5.75 Å². The molecule has 1 aromatic carbocycles. The lowest BCUT2D eigenvalue weighted by molar-refractivity contribution is -0.137. The molecule has 0 aromatic heterocycles. The van der Waals surface area contributed by atoms with Crippen molar-refractivity contribution in [3.8, 4) is 5.75 Å². The van der Waals surface area contributed by atoms with Gasteiger partial charge in [0.2, 0.25) is 5.91 Å². The third-order valence-electron chi connectivity index (χ3n) is 4.97. The van der Waals surface area contributed by atoms with Crippen molar-refractivity contribution < 1.29 is 9.53 Å². The molecule has 0 saturated carbocycles. The molecule has 1 atom stereocenters. The van der Waals surface area contributed by atoms with Crippen LogP contribution < -0.4 is 10.1 Å². The normalized spacial score (nSPS) is 22.4. The average Bonchev–Trinajstić information content (AvgIpc) is 2.63. The zero-order valence-electron chi connectivity index (χ0n) is 14.3. The van der Waals surface area contributed by atoms with Crippen LogP contribution in [0.15, 0.2) is 18.2 Å². The number of nitrogens with one attached hydrogen (secondary N) is 1. The molecule has 1 amide bonds. The lowest BCUT2D eigenvalue weighted by Gasteiger charge is -2.37. The molecule has 5 nitrogen and oxygen atoms in total. The first-order chi connectivity index (χ1) is 11.7. The minimum Gasteiger partial charge on any atom is -0.496 e. The summed E-state index contributed by atoms with van der Waals surface area (Å²) in [5.74, 6) is 1.35. The summed E-state index contributed by atoms with van der Waals surface area (Å²) >= 11 is 6.11. The highest BCUT2D eigenvalue weighted by atomic mass is 35.5. The summed E-state index contributed by atoms with van der Waals surface area (Å²) in [6.07, 6.45) is 2.12. The van der Waals surface area contributed by atoms with Gasteiger partial charge in [0.25, 0.3) is 0 Å². The Balaban J connectivity index is 1.53. The Morgan fingerprint density at radius 3 is 2.79 bits per heavy atom. The number of hydrogen-bond acceptors (Lipinski definition) is 4. The molecule has 3 rings (SSSR count). The molecule has 1 aromatic rings. The second-order valence-electron chi connectivity index (χ2n) is 6.60. The lowest BCUT2D eigenvalue weighted by atomic mass is 9.98. The van der Waals surface area contributed by atoms with Crippen molar-refractivity contribution in [3.63, 3.8) is 0 Å². The van der Waals surface area contributed by atoms with E-state index in [1.165, 1.54) is 0 Å². The van der Waals surface area contributed by atoms with Crippen molar-refractivity contribution in [3.05, 3.63) is 28.8 Å². The topological polar surface area (TPSA) is 44.8 Å². The van der Waals surface area contributed by atoms with Gasteiger partial charge in [0.15, 0.2) is 0 Å². The van der Waals surface area contributed by atoms with Crippen molar-refractivity contribution in [1.82, 2.24) is 15.1 Å². The largest absolute Gasteiger partial charge is 0.496 e. The first-order valence-corrected chi connectivity index (χ1v) is 9.09. The molecular formula is C18H26ClN3O2. The third-order valence-corrected chi connectivity index (χ3v) is 5.20. The molecule has 132 valence electrons. The average molecular weight is 352 g/mol. The van der Waals surface area contributed by atoms with Crippen LogP contribution >= 0.6 is 11.6 Å². The maximum Gasteiger partial charge on any atom is 0.227 e. The van der Waals surface area contributed by atoms with Crippen molar-refractivity contribution >= 4 is 17.5 Å². The quantitative estimate of drug-likeness (QED) is 0.901. The molecule has 2 heterocycles. The molecule has 1 N–H and O–H groups in total. The van der Waals surface area contributed by atoms with E-state index in [1.54, 1.807) is 7.11 Å². The van der Waals surface area contributed by atoms with Gasteiger partial charge in [-0.05, 0) is 37.6 Å². The summed E-state index contributed by atoms with van der Waals surface area (Å²) in [5, 5.41) is 4.06.